The van der Waals surface area contributed by atoms with Crippen LogP contribution in [-0.2, 0) is 0 Å². The fraction of sp³-hybridized carbons (Fsp3) is 0.467. The number of rotatable bonds is 7. The third-order valence-corrected chi connectivity index (χ3v) is 6.10. The molecule has 1 aliphatic rings. The fourth-order valence-electron chi connectivity index (χ4n) is 2.28. The van der Waals surface area contributed by atoms with Gasteiger partial charge in [0.1, 0.15) is 5.69 Å². The van der Waals surface area contributed by atoms with Gasteiger partial charge in [-0.05, 0) is 36.9 Å². The lowest BCUT2D eigenvalue weighted by atomic mass is 10.1. The molecule has 118 valence electrons. The van der Waals surface area contributed by atoms with Gasteiger partial charge in [-0.1, -0.05) is 12.1 Å². The Kier molecular flexibility index (Phi) is 5.89. The van der Waals surface area contributed by atoms with Crippen molar-refractivity contribution in [2.24, 2.45) is 0 Å². The van der Waals surface area contributed by atoms with Gasteiger partial charge < -0.3 is 9.64 Å². The van der Waals surface area contributed by atoms with Crippen molar-refractivity contribution in [1.29, 1.82) is 0 Å². The summed E-state index contributed by atoms with van der Waals surface area (Å²) >= 11 is 4.91. The van der Waals surface area contributed by atoms with Gasteiger partial charge in [0, 0.05) is 18.8 Å². The molecule has 7 heteroatoms. The van der Waals surface area contributed by atoms with E-state index in [1.165, 1.54) is 21.5 Å². The minimum absolute atomic E-state index is 0.694. The van der Waals surface area contributed by atoms with Crippen LogP contribution in [0, 0.1) is 0 Å². The summed E-state index contributed by atoms with van der Waals surface area (Å²) in [6.07, 6.45) is 4.34. The van der Waals surface area contributed by atoms with Crippen LogP contribution in [0.2, 0.25) is 0 Å². The minimum Gasteiger partial charge on any atom is -0.475 e. The topological polar surface area (TPSA) is 38.2 Å². The number of ether oxygens (including phenoxy) is 1. The molecular weight excluding hydrogens is 334 g/mol. The average Bonchev–Trinajstić information content (AvgIpc) is 3.18. The first-order chi connectivity index (χ1) is 10.8. The summed E-state index contributed by atoms with van der Waals surface area (Å²) in [4.78, 5) is 2.30. The molecule has 2 aromatic heterocycles. The Labute approximate surface area is 143 Å². The van der Waals surface area contributed by atoms with Crippen LogP contribution in [0.3, 0.4) is 0 Å². The van der Waals surface area contributed by atoms with Crippen molar-refractivity contribution in [3.8, 4) is 5.88 Å². The number of thioether (sulfide) groups is 1. The molecule has 3 heterocycles. The summed E-state index contributed by atoms with van der Waals surface area (Å²) in [7, 11) is 2.13. The van der Waals surface area contributed by atoms with Gasteiger partial charge >= 0.3 is 0 Å². The van der Waals surface area contributed by atoms with Gasteiger partial charge in [-0.15, -0.1) is 27.5 Å². The molecule has 0 N–H and O–H groups in total. The number of aromatic nitrogens is 2. The van der Waals surface area contributed by atoms with E-state index in [1.807, 2.05) is 11.8 Å². The lowest BCUT2D eigenvalue weighted by molar-refractivity contribution is 0.307. The van der Waals surface area contributed by atoms with E-state index in [0.29, 0.717) is 12.5 Å². The minimum atomic E-state index is 0.694. The molecule has 0 fully saturated rings. The molecule has 1 aliphatic heterocycles. The van der Waals surface area contributed by atoms with Gasteiger partial charge in [-0.2, -0.15) is 4.37 Å². The summed E-state index contributed by atoms with van der Waals surface area (Å²) in [5, 5.41) is 2.11. The average molecular weight is 354 g/mol. The van der Waals surface area contributed by atoms with Crippen molar-refractivity contribution in [3.63, 3.8) is 0 Å². The van der Waals surface area contributed by atoms with Crippen molar-refractivity contribution >= 4 is 40.4 Å². The van der Waals surface area contributed by atoms with Crippen LogP contribution in [0.15, 0.2) is 27.8 Å². The molecule has 0 aromatic carbocycles. The lowest BCUT2D eigenvalue weighted by Gasteiger charge is -2.22. The van der Waals surface area contributed by atoms with Gasteiger partial charge in [0.05, 0.1) is 22.5 Å². The normalized spacial score (nSPS) is 15.8. The van der Waals surface area contributed by atoms with Gasteiger partial charge in [-0.25, -0.2) is 0 Å². The van der Waals surface area contributed by atoms with E-state index in [1.54, 1.807) is 11.3 Å². The first-order valence-electron chi connectivity index (χ1n) is 7.32. The molecule has 0 radical (unpaired) electrons. The molecule has 4 nitrogen and oxygen atoms in total. The first-order valence-corrected chi connectivity index (χ1v) is 9.92. The van der Waals surface area contributed by atoms with Gasteiger partial charge in [0.2, 0.25) is 0 Å². The third-order valence-electron chi connectivity index (χ3n) is 3.37. The van der Waals surface area contributed by atoms with Crippen LogP contribution in [0.5, 0.6) is 5.88 Å². The van der Waals surface area contributed by atoms with Crippen molar-refractivity contribution < 1.29 is 4.74 Å². The second kappa shape index (κ2) is 8.10. The van der Waals surface area contributed by atoms with E-state index in [9.17, 15) is 0 Å². The van der Waals surface area contributed by atoms with E-state index in [2.05, 4.69) is 44.3 Å². The van der Waals surface area contributed by atoms with E-state index in [0.717, 1.165) is 37.4 Å². The van der Waals surface area contributed by atoms with Crippen molar-refractivity contribution in [3.05, 3.63) is 29.3 Å². The Bertz CT molecular complexity index is 609. The Morgan fingerprint density at radius 1 is 1.41 bits per heavy atom. The number of hydrogen-bond donors (Lipinski definition) is 0. The second-order valence-electron chi connectivity index (χ2n) is 5.16. The molecule has 0 saturated carbocycles. The molecule has 0 spiro atoms. The highest BCUT2D eigenvalue weighted by Crippen LogP contribution is 2.27. The molecule has 0 saturated heterocycles. The number of thiophene rings is 1. The maximum Gasteiger partial charge on any atom is 0.253 e. The maximum atomic E-state index is 5.85. The zero-order valence-electron chi connectivity index (χ0n) is 12.5. The van der Waals surface area contributed by atoms with Gasteiger partial charge in [0.15, 0.2) is 0 Å². The zero-order valence-corrected chi connectivity index (χ0v) is 15.0. The molecular formula is C15H19N3OS3. The predicted octanol–water partition coefficient (Wildman–Crippen LogP) is 3.88. The van der Waals surface area contributed by atoms with Crippen LogP contribution in [-0.4, -0.2) is 46.1 Å². The molecule has 0 amide bonds. The molecule has 22 heavy (non-hydrogen) atoms. The standard InChI is InChI=1S/C15H19N3OS3/c1-18-7-2-5-12(11-18)14-15(17-22-16-14)19-8-4-10-21-13-6-3-9-20-13/h3,5-6,9H,2,4,7-8,10-11H2,1H3. The lowest BCUT2D eigenvalue weighted by Crippen LogP contribution is -2.25. The number of hydrogen-bond acceptors (Lipinski definition) is 7. The van der Waals surface area contributed by atoms with E-state index < -0.39 is 0 Å². The molecule has 0 atom stereocenters. The van der Waals surface area contributed by atoms with E-state index in [-0.39, 0.29) is 0 Å². The summed E-state index contributed by atoms with van der Waals surface area (Å²) < 4.78 is 15.9. The smallest absolute Gasteiger partial charge is 0.253 e. The van der Waals surface area contributed by atoms with Crippen LogP contribution >= 0.6 is 34.8 Å². The second-order valence-corrected chi connectivity index (χ2v) is 8.03. The van der Waals surface area contributed by atoms with E-state index >= 15 is 0 Å². The summed E-state index contributed by atoms with van der Waals surface area (Å²) in [5.41, 5.74) is 2.17. The molecule has 2 aromatic rings. The summed E-state index contributed by atoms with van der Waals surface area (Å²) in [5.74, 6) is 1.77. The SMILES string of the molecule is CN1CCC=C(c2nsnc2OCCCSc2cccs2)C1. The highest BCUT2D eigenvalue weighted by Gasteiger charge is 2.18. The predicted molar refractivity (Wildman–Crippen MR) is 95.2 cm³/mol. The maximum absolute atomic E-state index is 5.85. The summed E-state index contributed by atoms with van der Waals surface area (Å²) in [6.45, 7) is 2.73. The number of likely N-dealkylation sites (N-methyl/N-ethyl adjacent to an activating group) is 1. The van der Waals surface area contributed by atoms with Crippen LogP contribution in [0.1, 0.15) is 18.5 Å². The molecule has 3 rings (SSSR count). The van der Waals surface area contributed by atoms with Gasteiger partial charge in [0.25, 0.3) is 5.88 Å². The summed E-state index contributed by atoms with van der Waals surface area (Å²) in [6, 6.07) is 4.25. The molecule has 0 unspecified atom stereocenters. The Hall–Kier alpha value is -0.890. The highest BCUT2D eigenvalue weighted by atomic mass is 32.2. The Balaban J connectivity index is 1.47. The highest BCUT2D eigenvalue weighted by molar-refractivity contribution is 8.01. The van der Waals surface area contributed by atoms with Crippen molar-refractivity contribution in [2.45, 2.75) is 17.1 Å². The quantitative estimate of drug-likeness (QED) is 0.558. The van der Waals surface area contributed by atoms with Crippen LogP contribution in [0.25, 0.3) is 5.57 Å². The largest absolute Gasteiger partial charge is 0.475 e. The van der Waals surface area contributed by atoms with Crippen molar-refractivity contribution in [2.75, 3.05) is 32.5 Å². The fourth-order valence-corrected chi connectivity index (χ4v) is 4.59. The van der Waals surface area contributed by atoms with E-state index in [4.69, 9.17) is 4.74 Å². The third kappa shape index (κ3) is 4.32. The van der Waals surface area contributed by atoms with Crippen molar-refractivity contribution in [1.82, 2.24) is 13.6 Å². The zero-order chi connectivity index (χ0) is 15.2. The monoisotopic (exact) mass is 353 g/mol. The molecule has 0 bridgehead atoms. The Morgan fingerprint density at radius 2 is 2.36 bits per heavy atom. The van der Waals surface area contributed by atoms with Crippen LogP contribution < -0.4 is 4.74 Å². The van der Waals surface area contributed by atoms with Crippen LogP contribution in [0.4, 0.5) is 0 Å². The first kappa shape index (κ1) is 16.0. The molecule has 0 aliphatic carbocycles. The Morgan fingerprint density at radius 3 is 3.18 bits per heavy atom. The van der Waals surface area contributed by atoms with Gasteiger partial charge in [-0.3, -0.25) is 0 Å². The number of nitrogens with zero attached hydrogens (tertiary/aromatic N) is 3.